The fourth-order valence-corrected chi connectivity index (χ4v) is 9.90. The molecule has 10 rings (SSSR count). The van der Waals surface area contributed by atoms with Crippen LogP contribution in [0.5, 0.6) is 0 Å². The van der Waals surface area contributed by atoms with E-state index in [9.17, 15) is 0 Å². The van der Waals surface area contributed by atoms with Gasteiger partial charge in [-0.05, 0) is 66.9 Å². The minimum absolute atomic E-state index is 1.11. The fraction of sp³-hybridized carbons (Fsp3) is 0.0526. The van der Waals surface area contributed by atoms with Gasteiger partial charge in [-0.2, -0.15) is 0 Å². The number of thiophene rings is 2. The van der Waals surface area contributed by atoms with E-state index in [0.29, 0.717) is 0 Å². The van der Waals surface area contributed by atoms with E-state index in [0.717, 1.165) is 12.8 Å². The Morgan fingerprint density at radius 3 is 1.64 bits per heavy atom. The minimum atomic E-state index is 1.11. The van der Waals surface area contributed by atoms with Crippen LogP contribution in [0.25, 0.3) is 79.7 Å². The Kier molecular flexibility index (Phi) is 4.62. The van der Waals surface area contributed by atoms with Crippen molar-refractivity contribution in [2.45, 2.75) is 12.8 Å². The van der Waals surface area contributed by atoms with E-state index in [1.807, 2.05) is 22.7 Å². The molecule has 0 fully saturated rings. The summed E-state index contributed by atoms with van der Waals surface area (Å²) in [6.45, 7) is 0. The fourth-order valence-electron chi connectivity index (χ4n) is 7.18. The topological polar surface area (TPSA) is 9.86 Å². The first-order valence-electron chi connectivity index (χ1n) is 14.5. The highest BCUT2D eigenvalue weighted by Gasteiger charge is 2.20. The number of aromatic nitrogens is 2. The van der Waals surface area contributed by atoms with Crippen molar-refractivity contribution in [3.63, 3.8) is 0 Å². The summed E-state index contributed by atoms with van der Waals surface area (Å²) in [5.41, 5.74) is 9.09. The zero-order valence-corrected chi connectivity index (χ0v) is 24.3. The molecule has 4 heteroatoms. The largest absolute Gasteiger partial charge is 0.310 e. The lowest BCUT2D eigenvalue weighted by Gasteiger charge is -2.12. The zero-order valence-electron chi connectivity index (χ0n) is 22.7. The average Bonchev–Trinajstić information content (AvgIpc) is 3.77. The second kappa shape index (κ2) is 8.45. The second-order valence-electron chi connectivity index (χ2n) is 11.3. The van der Waals surface area contributed by atoms with Crippen molar-refractivity contribution in [3.05, 3.63) is 127 Å². The van der Waals surface area contributed by atoms with Crippen LogP contribution in [0.2, 0.25) is 0 Å². The molecule has 0 atom stereocenters. The van der Waals surface area contributed by atoms with Crippen LogP contribution in [0, 0.1) is 0 Å². The van der Waals surface area contributed by atoms with Crippen molar-refractivity contribution in [1.82, 2.24) is 9.13 Å². The smallest absolute Gasteiger partial charge is 0.0542 e. The van der Waals surface area contributed by atoms with Crippen LogP contribution in [-0.2, 0) is 6.42 Å². The molecule has 1 aliphatic carbocycles. The summed E-state index contributed by atoms with van der Waals surface area (Å²) in [5.74, 6) is 0. The van der Waals surface area contributed by atoms with Gasteiger partial charge in [-0.15, -0.1) is 22.7 Å². The number of nitrogens with zero attached hydrogens (tertiary/aromatic N) is 2. The van der Waals surface area contributed by atoms with Crippen molar-refractivity contribution >= 4 is 91.0 Å². The third-order valence-electron chi connectivity index (χ3n) is 9.00. The summed E-state index contributed by atoms with van der Waals surface area (Å²) in [4.78, 5) is 0. The SMILES string of the molecule is C1=Cc2c(c3ccccc3n2-c2ccc3c(c2)sc2c4ccc(-n5c6ccccc6c6ccccc65)cc4sc32)CC1. The minimum Gasteiger partial charge on any atom is -0.310 e. The lowest BCUT2D eigenvalue weighted by atomic mass is 10.0. The van der Waals surface area contributed by atoms with Gasteiger partial charge in [-0.3, -0.25) is 0 Å². The molecule has 0 bridgehead atoms. The molecule has 4 aromatic heterocycles. The zero-order chi connectivity index (χ0) is 27.4. The van der Waals surface area contributed by atoms with Gasteiger partial charge in [0.1, 0.15) is 0 Å². The van der Waals surface area contributed by atoms with Gasteiger partial charge in [-0.1, -0.05) is 72.8 Å². The predicted octanol–water partition coefficient (Wildman–Crippen LogP) is 11.3. The van der Waals surface area contributed by atoms with Crippen LogP contribution in [0.15, 0.2) is 115 Å². The molecule has 4 heterocycles. The van der Waals surface area contributed by atoms with E-state index in [-0.39, 0.29) is 0 Å². The molecule has 0 spiro atoms. The van der Waals surface area contributed by atoms with Crippen LogP contribution >= 0.6 is 22.7 Å². The molecule has 2 nitrogen and oxygen atoms in total. The Morgan fingerprint density at radius 1 is 0.500 bits per heavy atom. The van der Waals surface area contributed by atoms with Gasteiger partial charge in [0, 0.05) is 53.4 Å². The van der Waals surface area contributed by atoms with Crippen LogP contribution in [0.4, 0.5) is 0 Å². The number of hydrogen-bond acceptors (Lipinski definition) is 2. The highest BCUT2D eigenvalue weighted by atomic mass is 32.1. The standard InChI is InChI=1S/C38H24N2S2/c1-5-13-31-25(9-1)26-10-2-6-14-32(26)39(31)23-17-19-29-35(21-23)41-38-30-20-18-24(22-36(30)42-37(29)38)40-33-15-7-3-11-27(33)28-12-4-8-16-34(28)40/h1-3,5-11,13-22H,4,12H2. The molecule has 0 saturated heterocycles. The van der Waals surface area contributed by atoms with E-state index >= 15 is 0 Å². The van der Waals surface area contributed by atoms with Crippen molar-refractivity contribution in [3.8, 4) is 11.4 Å². The molecule has 1 aliphatic rings. The Balaban J connectivity index is 1.16. The first kappa shape index (κ1) is 23.0. The summed E-state index contributed by atoms with van der Waals surface area (Å²) in [7, 11) is 0. The molecular weight excluding hydrogens is 549 g/mol. The molecule has 0 radical (unpaired) electrons. The van der Waals surface area contributed by atoms with Crippen LogP contribution in [0.3, 0.4) is 0 Å². The summed E-state index contributed by atoms with van der Waals surface area (Å²) in [6.07, 6.45) is 6.86. The normalized spacial score (nSPS) is 13.4. The van der Waals surface area contributed by atoms with E-state index in [1.165, 1.54) is 84.9 Å². The van der Waals surface area contributed by atoms with Crippen molar-refractivity contribution in [2.75, 3.05) is 0 Å². The van der Waals surface area contributed by atoms with Crippen LogP contribution in [-0.4, -0.2) is 9.13 Å². The van der Waals surface area contributed by atoms with Gasteiger partial charge >= 0.3 is 0 Å². The summed E-state index contributed by atoms with van der Waals surface area (Å²) >= 11 is 3.86. The molecule has 0 aliphatic heterocycles. The van der Waals surface area contributed by atoms with E-state index in [1.54, 1.807) is 0 Å². The highest BCUT2D eigenvalue weighted by Crippen LogP contribution is 2.46. The van der Waals surface area contributed by atoms with Gasteiger partial charge in [0.05, 0.1) is 25.9 Å². The Bertz CT molecular complexity index is 2530. The summed E-state index contributed by atoms with van der Waals surface area (Å²) < 4.78 is 10.4. The number of allylic oxidation sites excluding steroid dienone is 1. The van der Waals surface area contributed by atoms with E-state index < -0.39 is 0 Å². The summed E-state index contributed by atoms with van der Waals surface area (Å²) in [6, 6.07) is 40.4. The maximum atomic E-state index is 2.46. The van der Waals surface area contributed by atoms with Gasteiger partial charge in [0.2, 0.25) is 0 Å². The lowest BCUT2D eigenvalue weighted by Crippen LogP contribution is -1.99. The molecule has 198 valence electrons. The molecular formula is C38H24N2S2. The molecule has 5 aromatic carbocycles. The number of fused-ring (bicyclic) bond motifs is 11. The maximum Gasteiger partial charge on any atom is 0.0542 e. The molecule has 0 N–H and O–H groups in total. The number of para-hydroxylation sites is 3. The van der Waals surface area contributed by atoms with Crippen molar-refractivity contribution < 1.29 is 0 Å². The van der Waals surface area contributed by atoms with Crippen molar-refractivity contribution in [2.24, 2.45) is 0 Å². The molecule has 0 saturated carbocycles. The summed E-state index contributed by atoms with van der Waals surface area (Å²) in [5, 5.41) is 6.70. The third kappa shape index (κ3) is 3.03. The highest BCUT2D eigenvalue weighted by molar-refractivity contribution is 7.36. The predicted molar refractivity (Wildman–Crippen MR) is 183 cm³/mol. The monoisotopic (exact) mass is 572 g/mol. The van der Waals surface area contributed by atoms with Crippen LogP contribution < -0.4 is 0 Å². The number of benzene rings is 5. The molecule has 0 amide bonds. The first-order chi connectivity index (χ1) is 20.8. The Labute approximate surface area is 250 Å². The first-order valence-corrected chi connectivity index (χ1v) is 16.1. The van der Waals surface area contributed by atoms with Crippen LogP contribution in [0.1, 0.15) is 17.7 Å². The quantitative estimate of drug-likeness (QED) is 0.195. The molecule has 0 unspecified atom stereocenters. The second-order valence-corrected chi connectivity index (χ2v) is 13.4. The van der Waals surface area contributed by atoms with E-state index in [2.05, 4.69) is 130 Å². The Morgan fingerprint density at radius 2 is 1.02 bits per heavy atom. The van der Waals surface area contributed by atoms with Gasteiger partial charge < -0.3 is 9.13 Å². The van der Waals surface area contributed by atoms with Crippen molar-refractivity contribution in [1.29, 1.82) is 0 Å². The van der Waals surface area contributed by atoms with Gasteiger partial charge in [-0.25, -0.2) is 0 Å². The van der Waals surface area contributed by atoms with Gasteiger partial charge in [0.25, 0.3) is 0 Å². The van der Waals surface area contributed by atoms with E-state index in [4.69, 9.17) is 0 Å². The average molecular weight is 573 g/mol. The number of aryl methyl sites for hydroxylation is 1. The molecule has 9 aromatic rings. The maximum absolute atomic E-state index is 2.46. The third-order valence-corrected chi connectivity index (χ3v) is 11.5. The molecule has 42 heavy (non-hydrogen) atoms. The number of hydrogen-bond donors (Lipinski definition) is 0. The Hall–Kier alpha value is -4.64. The number of rotatable bonds is 2. The van der Waals surface area contributed by atoms with Gasteiger partial charge in [0.15, 0.2) is 0 Å². The lowest BCUT2D eigenvalue weighted by molar-refractivity contribution is 0.968.